The van der Waals surface area contributed by atoms with Crippen LogP contribution in [0.25, 0.3) is 0 Å². The molecule has 1 aromatic rings. The van der Waals surface area contributed by atoms with Gasteiger partial charge in [-0.25, -0.2) is 0 Å². The van der Waals surface area contributed by atoms with Crippen LogP contribution in [0.2, 0.25) is 0 Å². The second kappa shape index (κ2) is 5.21. The fourth-order valence-electron chi connectivity index (χ4n) is 2.45. The Hall–Kier alpha value is -1.55. The molecule has 1 unspecified atom stereocenters. The normalized spacial score (nSPS) is 22.5. The third-order valence-corrected chi connectivity index (χ3v) is 3.78. The van der Waals surface area contributed by atoms with Crippen LogP contribution in [0.1, 0.15) is 41.3 Å². The van der Waals surface area contributed by atoms with Crippen molar-refractivity contribution in [3.05, 3.63) is 28.8 Å². The molecule has 0 aromatic heterocycles. The molecule has 19 heavy (non-hydrogen) atoms. The van der Waals surface area contributed by atoms with Crippen LogP contribution >= 0.6 is 0 Å². The molecule has 104 valence electrons. The molecule has 2 rings (SSSR count). The molecule has 1 saturated heterocycles. The smallest absolute Gasteiger partial charge is 0.251 e. The zero-order valence-electron chi connectivity index (χ0n) is 11.9. The van der Waals surface area contributed by atoms with E-state index in [1.807, 2.05) is 26.8 Å². The number of benzene rings is 1. The fourth-order valence-corrected chi connectivity index (χ4v) is 2.45. The van der Waals surface area contributed by atoms with Crippen molar-refractivity contribution < 1.29 is 9.53 Å². The highest BCUT2D eigenvalue weighted by atomic mass is 16.5. The summed E-state index contributed by atoms with van der Waals surface area (Å²) in [5.41, 5.74) is 8.89. The number of carbonyl (C=O) groups is 1. The Morgan fingerprint density at radius 2 is 2.16 bits per heavy atom. The highest BCUT2D eigenvalue weighted by Crippen LogP contribution is 2.24. The van der Waals surface area contributed by atoms with Gasteiger partial charge in [-0.15, -0.1) is 0 Å². The number of anilines is 1. The van der Waals surface area contributed by atoms with Gasteiger partial charge in [0.05, 0.1) is 5.60 Å². The average Bonchev–Trinajstić information content (AvgIpc) is 2.78. The van der Waals surface area contributed by atoms with Gasteiger partial charge in [0.2, 0.25) is 0 Å². The van der Waals surface area contributed by atoms with Gasteiger partial charge in [-0.1, -0.05) is 6.07 Å². The lowest BCUT2D eigenvalue weighted by atomic mass is 10.0. The molecule has 1 aliphatic rings. The van der Waals surface area contributed by atoms with E-state index in [4.69, 9.17) is 10.5 Å². The van der Waals surface area contributed by atoms with Crippen LogP contribution in [0.3, 0.4) is 0 Å². The molecule has 1 amide bonds. The minimum atomic E-state index is -0.222. The van der Waals surface area contributed by atoms with Crippen molar-refractivity contribution in [1.29, 1.82) is 0 Å². The van der Waals surface area contributed by atoms with Crippen molar-refractivity contribution >= 4 is 11.6 Å². The molecule has 4 heteroatoms. The van der Waals surface area contributed by atoms with E-state index in [0.717, 1.165) is 30.6 Å². The van der Waals surface area contributed by atoms with Crippen LogP contribution in [-0.2, 0) is 4.74 Å². The molecule has 1 atom stereocenters. The Kier molecular flexibility index (Phi) is 3.80. The van der Waals surface area contributed by atoms with Crippen molar-refractivity contribution in [2.45, 2.75) is 39.2 Å². The monoisotopic (exact) mass is 262 g/mol. The minimum absolute atomic E-state index is 0.0825. The Balaban J connectivity index is 2.06. The predicted octanol–water partition coefficient (Wildman–Crippen LogP) is 2.18. The summed E-state index contributed by atoms with van der Waals surface area (Å²) in [4.78, 5) is 12.2. The van der Waals surface area contributed by atoms with Crippen LogP contribution in [0.4, 0.5) is 5.69 Å². The average molecular weight is 262 g/mol. The van der Waals surface area contributed by atoms with Crippen LogP contribution in [0, 0.1) is 13.8 Å². The molecule has 0 bridgehead atoms. The predicted molar refractivity (Wildman–Crippen MR) is 76.3 cm³/mol. The van der Waals surface area contributed by atoms with Gasteiger partial charge in [-0.05, 0) is 50.8 Å². The van der Waals surface area contributed by atoms with Crippen molar-refractivity contribution in [1.82, 2.24) is 5.32 Å². The maximum absolute atomic E-state index is 12.2. The molecule has 3 N–H and O–H groups in total. The van der Waals surface area contributed by atoms with E-state index in [1.54, 1.807) is 6.07 Å². The third kappa shape index (κ3) is 3.07. The zero-order chi connectivity index (χ0) is 14.0. The Morgan fingerprint density at radius 1 is 1.42 bits per heavy atom. The second-order valence-corrected chi connectivity index (χ2v) is 5.61. The summed E-state index contributed by atoms with van der Waals surface area (Å²) >= 11 is 0. The summed E-state index contributed by atoms with van der Waals surface area (Å²) in [6.07, 6.45) is 2.05. The number of amides is 1. The van der Waals surface area contributed by atoms with Gasteiger partial charge in [0.1, 0.15) is 0 Å². The Morgan fingerprint density at radius 3 is 2.79 bits per heavy atom. The highest BCUT2D eigenvalue weighted by Gasteiger charge is 2.30. The maximum Gasteiger partial charge on any atom is 0.251 e. The lowest BCUT2D eigenvalue weighted by Gasteiger charge is -2.23. The van der Waals surface area contributed by atoms with Gasteiger partial charge in [0.25, 0.3) is 5.91 Å². The number of rotatable bonds is 3. The van der Waals surface area contributed by atoms with Crippen LogP contribution < -0.4 is 11.1 Å². The maximum atomic E-state index is 12.2. The first-order valence-corrected chi connectivity index (χ1v) is 6.70. The highest BCUT2D eigenvalue weighted by molar-refractivity contribution is 5.96. The number of ether oxygens (including phenoxy) is 1. The molecule has 1 aromatic carbocycles. The summed E-state index contributed by atoms with van der Waals surface area (Å²) < 4.78 is 5.66. The zero-order valence-corrected chi connectivity index (χ0v) is 11.9. The van der Waals surface area contributed by atoms with E-state index in [-0.39, 0.29) is 11.5 Å². The van der Waals surface area contributed by atoms with Gasteiger partial charge < -0.3 is 15.8 Å². The summed E-state index contributed by atoms with van der Waals surface area (Å²) in [7, 11) is 0. The molecular formula is C15H22N2O2. The topological polar surface area (TPSA) is 64.3 Å². The van der Waals surface area contributed by atoms with Crippen LogP contribution in [-0.4, -0.2) is 24.7 Å². The standard InChI is InChI=1S/C15H22N2O2/c1-10-7-11(2)13(16)8-12(10)14(18)17-9-15(3)5-4-6-19-15/h7-8H,4-6,9,16H2,1-3H3,(H,17,18). The Labute approximate surface area is 114 Å². The number of nitrogens with two attached hydrogens (primary N) is 1. The largest absolute Gasteiger partial charge is 0.398 e. The van der Waals surface area contributed by atoms with Crippen LogP contribution in [0.5, 0.6) is 0 Å². The van der Waals surface area contributed by atoms with Gasteiger partial charge in [-0.3, -0.25) is 4.79 Å². The molecule has 1 aliphatic heterocycles. The van der Waals surface area contributed by atoms with Crippen molar-refractivity contribution in [3.63, 3.8) is 0 Å². The molecular weight excluding hydrogens is 240 g/mol. The van der Waals surface area contributed by atoms with Crippen molar-refractivity contribution in [3.8, 4) is 0 Å². The molecule has 1 heterocycles. The summed E-state index contributed by atoms with van der Waals surface area (Å²) in [6.45, 7) is 7.23. The molecule has 0 spiro atoms. The lowest BCUT2D eigenvalue weighted by molar-refractivity contribution is 0.0206. The summed E-state index contributed by atoms with van der Waals surface area (Å²) in [6, 6.07) is 3.69. The number of nitrogens with one attached hydrogen (secondary N) is 1. The van der Waals surface area contributed by atoms with Crippen molar-refractivity contribution in [2.75, 3.05) is 18.9 Å². The molecule has 0 radical (unpaired) electrons. The van der Waals surface area contributed by atoms with Gasteiger partial charge in [0, 0.05) is 24.4 Å². The summed E-state index contributed by atoms with van der Waals surface area (Å²) in [5, 5.41) is 2.95. The number of hydrogen-bond donors (Lipinski definition) is 2. The number of carbonyl (C=O) groups excluding carboxylic acids is 1. The lowest BCUT2D eigenvalue weighted by Crippen LogP contribution is -2.40. The SMILES string of the molecule is Cc1cc(C)c(C(=O)NCC2(C)CCCO2)cc1N. The van der Waals surface area contributed by atoms with Gasteiger partial charge in [0.15, 0.2) is 0 Å². The first kappa shape index (κ1) is 13.9. The minimum Gasteiger partial charge on any atom is -0.398 e. The van der Waals surface area contributed by atoms with Gasteiger partial charge in [-0.2, -0.15) is 0 Å². The van der Waals surface area contributed by atoms with E-state index in [1.165, 1.54) is 0 Å². The second-order valence-electron chi connectivity index (χ2n) is 5.61. The van der Waals surface area contributed by atoms with Crippen molar-refractivity contribution in [2.24, 2.45) is 0 Å². The van der Waals surface area contributed by atoms with Gasteiger partial charge >= 0.3 is 0 Å². The molecule has 0 saturated carbocycles. The van der Waals surface area contributed by atoms with E-state index < -0.39 is 0 Å². The molecule has 1 fully saturated rings. The third-order valence-electron chi connectivity index (χ3n) is 3.78. The quantitative estimate of drug-likeness (QED) is 0.821. The Bertz CT molecular complexity index is 491. The number of aryl methyl sites for hydroxylation is 2. The number of nitrogen functional groups attached to an aromatic ring is 1. The van der Waals surface area contributed by atoms with E-state index in [9.17, 15) is 4.79 Å². The molecule has 0 aliphatic carbocycles. The first-order valence-electron chi connectivity index (χ1n) is 6.70. The van der Waals surface area contributed by atoms with Crippen LogP contribution in [0.15, 0.2) is 12.1 Å². The summed E-state index contributed by atoms with van der Waals surface area (Å²) in [5.74, 6) is -0.0825. The molecule has 4 nitrogen and oxygen atoms in total. The first-order chi connectivity index (χ1) is 8.91. The fraction of sp³-hybridized carbons (Fsp3) is 0.533. The van der Waals surface area contributed by atoms with E-state index in [0.29, 0.717) is 17.8 Å². The van der Waals surface area contributed by atoms with E-state index in [2.05, 4.69) is 5.32 Å². The van der Waals surface area contributed by atoms with E-state index >= 15 is 0 Å². The number of hydrogen-bond acceptors (Lipinski definition) is 3.